The van der Waals surface area contributed by atoms with Gasteiger partial charge in [0.25, 0.3) is 0 Å². The summed E-state index contributed by atoms with van der Waals surface area (Å²) >= 11 is 5.28. The summed E-state index contributed by atoms with van der Waals surface area (Å²) in [7, 11) is 2.16. The quantitative estimate of drug-likeness (QED) is 0.873. The smallest absolute Gasteiger partial charge is 0.0325 e. The molecule has 0 bridgehead atoms. The molecule has 0 aliphatic rings. The summed E-state index contributed by atoms with van der Waals surface area (Å²) in [5, 5.41) is 2.13. The Morgan fingerprint density at radius 1 is 1.56 bits per heavy atom. The van der Waals surface area contributed by atoms with E-state index in [-0.39, 0.29) is 5.41 Å². The number of thiophene rings is 1. The van der Waals surface area contributed by atoms with E-state index in [9.17, 15) is 0 Å². The maximum Gasteiger partial charge on any atom is 0.0325 e. The van der Waals surface area contributed by atoms with Crippen LogP contribution in [-0.4, -0.2) is 25.0 Å². The second-order valence-electron chi connectivity index (χ2n) is 4.77. The predicted octanol–water partition coefficient (Wildman–Crippen LogP) is 3.32. The molecule has 0 saturated heterocycles. The molecule has 0 fully saturated rings. The van der Waals surface area contributed by atoms with Gasteiger partial charge in [-0.3, -0.25) is 0 Å². The fourth-order valence-corrected chi connectivity index (χ4v) is 3.26. The lowest BCUT2D eigenvalue weighted by atomic mass is 9.87. The number of hydrogen-bond donors (Lipinski definition) is 1. The molecule has 1 aromatic rings. The Balaban J connectivity index is 2.50. The summed E-state index contributed by atoms with van der Waals surface area (Å²) in [6, 6.07) is 2.19. The molecule has 92 valence electrons. The molecule has 2 N–H and O–H groups in total. The molecule has 0 spiro atoms. The van der Waals surface area contributed by atoms with Crippen molar-refractivity contribution in [2.75, 3.05) is 20.1 Å². The van der Waals surface area contributed by atoms with Crippen LogP contribution in [0, 0.1) is 5.41 Å². The Morgan fingerprint density at radius 2 is 2.25 bits per heavy atom. The molecule has 1 atom stereocenters. The molecule has 0 radical (unpaired) electrons. The second-order valence-corrected chi connectivity index (χ2v) is 6.68. The Kier molecular flexibility index (Phi) is 5.44. The van der Waals surface area contributed by atoms with Crippen LogP contribution in [0.3, 0.4) is 0 Å². The Bertz CT molecular complexity index is 321. The zero-order chi connectivity index (χ0) is 12.2. The maximum absolute atomic E-state index is 5.83. The van der Waals surface area contributed by atoms with Crippen LogP contribution in [0.1, 0.15) is 25.1 Å². The monoisotopic (exact) mass is 304 g/mol. The normalized spacial score (nSPS) is 15.4. The largest absolute Gasteiger partial charge is 0.330 e. The van der Waals surface area contributed by atoms with E-state index in [1.165, 1.54) is 9.35 Å². The fourth-order valence-electron chi connectivity index (χ4n) is 1.73. The zero-order valence-electron chi connectivity index (χ0n) is 10.3. The maximum atomic E-state index is 5.83. The van der Waals surface area contributed by atoms with E-state index < -0.39 is 0 Å². The summed E-state index contributed by atoms with van der Waals surface area (Å²) in [4.78, 5) is 3.75. The van der Waals surface area contributed by atoms with Crippen LogP contribution in [0.15, 0.2) is 15.9 Å². The molecule has 2 nitrogen and oxygen atoms in total. The standard InChI is InChI=1S/C12H21BrN2S/c1-4-12(2,8-14)9-15(3)6-11-5-10(13)7-16-11/h5,7H,4,6,8-9,14H2,1-3H3. The number of hydrogen-bond acceptors (Lipinski definition) is 3. The minimum absolute atomic E-state index is 0.239. The molecular formula is C12H21BrN2S. The molecule has 0 aromatic carbocycles. The van der Waals surface area contributed by atoms with Crippen molar-refractivity contribution in [3.05, 3.63) is 20.8 Å². The van der Waals surface area contributed by atoms with Gasteiger partial charge in [0, 0.05) is 27.8 Å². The van der Waals surface area contributed by atoms with E-state index >= 15 is 0 Å². The lowest BCUT2D eigenvalue weighted by Crippen LogP contribution is -2.38. The molecule has 0 aliphatic heterocycles. The third-order valence-electron chi connectivity index (χ3n) is 3.05. The molecule has 0 aliphatic carbocycles. The van der Waals surface area contributed by atoms with Crippen molar-refractivity contribution in [2.45, 2.75) is 26.8 Å². The number of nitrogens with two attached hydrogens (primary N) is 1. The first-order valence-electron chi connectivity index (χ1n) is 5.60. The second kappa shape index (κ2) is 6.15. The molecular weight excluding hydrogens is 284 g/mol. The molecule has 1 aromatic heterocycles. The van der Waals surface area contributed by atoms with Gasteiger partial charge in [0.15, 0.2) is 0 Å². The van der Waals surface area contributed by atoms with Crippen molar-refractivity contribution in [3.63, 3.8) is 0 Å². The van der Waals surface area contributed by atoms with Gasteiger partial charge in [-0.2, -0.15) is 0 Å². The third-order valence-corrected chi connectivity index (χ3v) is 4.73. The zero-order valence-corrected chi connectivity index (χ0v) is 12.7. The highest BCUT2D eigenvalue weighted by atomic mass is 79.9. The lowest BCUT2D eigenvalue weighted by Gasteiger charge is -2.31. The van der Waals surface area contributed by atoms with Gasteiger partial charge in [-0.25, -0.2) is 0 Å². The minimum Gasteiger partial charge on any atom is -0.330 e. The van der Waals surface area contributed by atoms with E-state index in [0.29, 0.717) is 0 Å². The van der Waals surface area contributed by atoms with E-state index in [1.54, 1.807) is 11.3 Å². The van der Waals surface area contributed by atoms with Gasteiger partial charge in [0.2, 0.25) is 0 Å². The molecule has 0 saturated carbocycles. The summed E-state index contributed by atoms with van der Waals surface area (Å²) < 4.78 is 1.18. The van der Waals surface area contributed by atoms with Crippen molar-refractivity contribution in [3.8, 4) is 0 Å². The van der Waals surface area contributed by atoms with Crippen LogP contribution in [0.5, 0.6) is 0 Å². The average molecular weight is 305 g/mol. The SMILES string of the molecule is CCC(C)(CN)CN(C)Cc1cc(Br)cs1. The Labute approximate surface area is 111 Å². The molecule has 1 heterocycles. The third kappa shape index (κ3) is 4.17. The summed E-state index contributed by atoms with van der Waals surface area (Å²) in [5.41, 5.74) is 6.07. The van der Waals surface area contributed by atoms with Crippen LogP contribution in [0.25, 0.3) is 0 Å². The van der Waals surface area contributed by atoms with Gasteiger partial charge in [0.05, 0.1) is 0 Å². The summed E-state index contributed by atoms with van der Waals surface area (Å²) in [6.07, 6.45) is 1.13. The van der Waals surface area contributed by atoms with Crippen molar-refractivity contribution in [1.29, 1.82) is 0 Å². The van der Waals surface area contributed by atoms with Gasteiger partial charge < -0.3 is 10.6 Å². The molecule has 1 rings (SSSR count). The first-order chi connectivity index (χ1) is 7.49. The van der Waals surface area contributed by atoms with Crippen LogP contribution < -0.4 is 5.73 Å². The average Bonchev–Trinajstić information content (AvgIpc) is 2.63. The summed E-state index contributed by atoms with van der Waals surface area (Å²) in [5.74, 6) is 0. The highest BCUT2D eigenvalue weighted by molar-refractivity contribution is 9.10. The first kappa shape index (κ1) is 14.2. The molecule has 0 amide bonds. The van der Waals surface area contributed by atoms with Crippen molar-refractivity contribution < 1.29 is 0 Å². The van der Waals surface area contributed by atoms with Crippen molar-refractivity contribution in [1.82, 2.24) is 4.90 Å². The van der Waals surface area contributed by atoms with E-state index in [0.717, 1.165) is 26.1 Å². The fraction of sp³-hybridized carbons (Fsp3) is 0.667. The molecule has 16 heavy (non-hydrogen) atoms. The van der Waals surface area contributed by atoms with Gasteiger partial charge >= 0.3 is 0 Å². The van der Waals surface area contributed by atoms with Gasteiger partial charge in [-0.15, -0.1) is 11.3 Å². The first-order valence-corrected chi connectivity index (χ1v) is 7.28. The topological polar surface area (TPSA) is 29.3 Å². The van der Waals surface area contributed by atoms with Crippen LogP contribution in [0.2, 0.25) is 0 Å². The van der Waals surface area contributed by atoms with Gasteiger partial charge in [0.1, 0.15) is 0 Å². The highest BCUT2D eigenvalue weighted by Gasteiger charge is 2.22. The van der Waals surface area contributed by atoms with E-state index in [4.69, 9.17) is 5.73 Å². The highest BCUT2D eigenvalue weighted by Crippen LogP contribution is 2.24. The Morgan fingerprint density at radius 3 is 2.69 bits per heavy atom. The lowest BCUT2D eigenvalue weighted by molar-refractivity contribution is 0.187. The molecule has 4 heteroatoms. The van der Waals surface area contributed by atoms with Gasteiger partial charge in [-0.1, -0.05) is 13.8 Å². The van der Waals surface area contributed by atoms with Crippen molar-refractivity contribution >= 4 is 27.3 Å². The molecule has 1 unspecified atom stereocenters. The predicted molar refractivity (Wildman–Crippen MR) is 75.8 cm³/mol. The number of nitrogens with zero attached hydrogens (tertiary/aromatic N) is 1. The number of rotatable bonds is 6. The van der Waals surface area contributed by atoms with Crippen LogP contribution in [0.4, 0.5) is 0 Å². The summed E-state index contributed by atoms with van der Waals surface area (Å²) in [6.45, 7) is 7.28. The van der Waals surface area contributed by atoms with E-state index in [1.807, 2.05) is 0 Å². The van der Waals surface area contributed by atoms with E-state index in [2.05, 4.69) is 53.2 Å². The number of halogens is 1. The minimum atomic E-state index is 0.239. The van der Waals surface area contributed by atoms with Crippen molar-refractivity contribution in [2.24, 2.45) is 11.1 Å². The van der Waals surface area contributed by atoms with Crippen LogP contribution >= 0.6 is 27.3 Å². The Hall–Kier alpha value is 0.1000. The van der Waals surface area contributed by atoms with Gasteiger partial charge in [-0.05, 0) is 47.4 Å². The van der Waals surface area contributed by atoms with Crippen LogP contribution in [-0.2, 0) is 6.54 Å².